The Hall–Kier alpha value is -1.60. The Labute approximate surface area is 89.5 Å². The van der Waals surface area contributed by atoms with Crippen molar-refractivity contribution in [1.29, 1.82) is 5.26 Å². The van der Waals surface area contributed by atoms with Gasteiger partial charge in [-0.15, -0.1) is 0 Å². The fourth-order valence-corrected chi connectivity index (χ4v) is 1.24. The smallest absolute Gasteiger partial charge is 0.215 e. The maximum absolute atomic E-state index is 8.77. The number of methoxy groups -OCH3 is 1. The van der Waals surface area contributed by atoms with Crippen molar-refractivity contribution < 1.29 is 9.47 Å². The molecular formula is C11H14N2O2. The second-order valence-electron chi connectivity index (χ2n) is 3.33. The topological polar surface area (TPSA) is 55.1 Å². The Morgan fingerprint density at radius 2 is 2.27 bits per heavy atom. The minimum absolute atomic E-state index is 0.0733. The summed E-state index contributed by atoms with van der Waals surface area (Å²) in [6, 6.07) is 5.40. The number of aromatic nitrogens is 1. The third-order valence-corrected chi connectivity index (χ3v) is 1.78. The molecule has 4 nitrogen and oxygen atoms in total. The summed E-state index contributed by atoms with van der Waals surface area (Å²) in [5, 5.41) is 8.77. The van der Waals surface area contributed by atoms with Gasteiger partial charge in [-0.05, 0) is 19.9 Å². The van der Waals surface area contributed by atoms with Gasteiger partial charge < -0.3 is 9.47 Å². The van der Waals surface area contributed by atoms with Crippen molar-refractivity contribution in [3.63, 3.8) is 0 Å². The number of hydrogen-bond donors (Lipinski definition) is 0. The van der Waals surface area contributed by atoms with Gasteiger partial charge in [-0.2, -0.15) is 5.26 Å². The molecule has 0 aliphatic carbocycles. The predicted molar refractivity (Wildman–Crippen MR) is 55.7 cm³/mol. The highest BCUT2D eigenvalue weighted by molar-refractivity contribution is 5.34. The molecule has 4 heteroatoms. The van der Waals surface area contributed by atoms with Crippen LogP contribution in [0, 0.1) is 18.3 Å². The molecular weight excluding hydrogens is 192 g/mol. The number of pyridine rings is 1. The first-order valence-electron chi connectivity index (χ1n) is 4.70. The van der Waals surface area contributed by atoms with Crippen molar-refractivity contribution in [1.82, 2.24) is 4.98 Å². The normalized spacial score (nSPS) is 11.9. The molecule has 0 saturated carbocycles. The second kappa shape index (κ2) is 5.32. The van der Waals surface area contributed by atoms with Gasteiger partial charge in [0.25, 0.3) is 0 Å². The van der Waals surface area contributed by atoms with Gasteiger partial charge >= 0.3 is 0 Å². The van der Waals surface area contributed by atoms with E-state index in [1.165, 1.54) is 0 Å². The number of hydrogen-bond acceptors (Lipinski definition) is 4. The van der Waals surface area contributed by atoms with Crippen LogP contribution < -0.4 is 4.74 Å². The molecule has 1 aromatic heterocycles. The first kappa shape index (κ1) is 11.5. The zero-order valence-electron chi connectivity index (χ0n) is 9.15. The van der Waals surface area contributed by atoms with Crippen LogP contribution in [0.2, 0.25) is 0 Å². The average Bonchev–Trinajstić information content (AvgIpc) is 2.17. The zero-order chi connectivity index (χ0) is 11.3. The van der Waals surface area contributed by atoms with Crippen LogP contribution in [0.25, 0.3) is 0 Å². The van der Waals surface area contributed by atoms with E-state index in [-0.39, 0.29) is 6.10 Å². The molecule has 1 rings (SSSR count). The van der Waals surface area contributed by atoms with Gasteiger partial charge in [-0.1, -0.05) is 0 Å². The molecule has 0 saturated heterocycles. The van der Waals surface area contributed by atoms with Gasteiger partial charge in [0, 0.05) is 18.9 Å². The Morgan fingerprint density at radius 1 is 1.53 bits per heavy atom. The van der Waals surface area contributed by atoms with E-state index < -0.39 is 0 Å². The summed E-state index contributed by atoms with van der Waals surface area (Å²) >= 11 is 0. The molecule has 80 valence electrons. The average molecular weight is 206 g/mol. The molecule has 1 unspecified atom stereocenters. The number of aryl methyl sites for hydroxylation is 1. The molecule has 0 fully saturated rings. The highest BCUT2D eigenvalue weighted by Crippen LogP contribution is 2.13. The second-order valence-corrected chi connectivity index (χ2v) is 3.33. The van der Waals surface area contributed by atoms with E-state index >= 15 is 0 Å². The first-order valence-corrected chi connectivity index (χ1v) is 4.70. The van der Waals surface area contributed by atoms with Gasteiger partial charge in [0.1, 0.15) is 6.10 Å². The molecule has 1 aromatic rings. The number of nitriles is 1. The third kappa shape index (κ3) is 3.56. The molecule has 0 N–H and O–H groups in total. The van der Waals surface area contributed by atoms with Crippen molar-refractivity contribution in [2.24, 2.45) is 0 Å². The van der Waals surface area contributed by atoms with Gasteiger partial charge in [0.2, 0.25) is 5.88 Å². The van der Waals surface area contributed by atoms with Crippen molar-refractivity contribution >= 4 is 0 Å². The van der Waals surface area contributed by atoms with E-state index in [2.05, 4.69) is 11.1 Å². The Morgan fingerprint density at radius 3 is 2.87 bits per heavy atom. The van der Waals surface area contributed by atoms with Gasteiger partial charge in [0.05, 0.1) is 18.2 Å². The fourth-order valence-electron chi connectivity index (χ4n) is 1.24. The van der Waals surface area contributed by atoms with Gasteiger partial charge in [-0.3, -0.25) is 0 Å². The molecule has 1 atom stereocenters. The van der Waals surface area contributed by atoms with Crippen LogP contribution in [0.4, 0.5) is 0 Å². The Kier molecular flexibility index (Phi) is 4.07. The summed E-state index contributed by atoms with van der Waals surface area (Å²) in [6.07, 6.45) is -0.0733. The lowest BCUT2D eigenvalue weighted by molar-refractivity contribution is 0.0888. The van der Waals surface area contributed by atoms with Crippen LogP contribution in [0.5, 0.6) is 5.88 Å². The van der Waals surface area contributed by atoms with Crippen molar-refractivity contribution in [2.75, 3.05) is 13.7 Å². The van der Waals surface area contributed by atoms with E-state index in [4.69, 9.17) is 14.7 Å². The van der Waals surface area contributed by atoms with E-state index in [1.807, 2.05) is 13.8 Å². The lowest BCUT2D eigenvalue weighted by atomic mass is 10.2. The zero-order valence-corrected chi connectivity index (χ0v) is 9.15. The van der Waals surface area contributed by atoms with Crippen LogP contribution in [0.3, 0.4) is 0 Å². The molecule has 15 heavy (non-hydrogen) atoms. The van der Waals surface area contributed by atoms with Crippen LogP contribution in [0.1, 0.15) is 18.2 Å². The number of nitrogens with zero attached hydrogens (tertiary/aromatic N) is 2. The summed E-state index contributed by atoms with van der Waals surface area (Å²) < 4.78 is 10.4. The summed E-state index contributed by atoms with van der Waals surface area (Å²) in [5.74, 6) is 0.469. The monoisotopic (exact) mass is 206 g/mol. The third-order valence-electron chi connectivity index (χ3n) is 1.78. The minimum atomic E-state index is -0.0733. The van der Waals surface area contributed by atoms with Gasteiger partial charge in [0.15, 0.2) is 0 Å². The lowest BCUT2D eigenvalue weighted by Crippen LogP contribution is -2.18. The van der Waals surface area contributed by atoms with Crippen LogP contribution in [-0.4, -0.2) is 24.8 Å². The highest BCUT2D eigenvalue weighted by Gasteiger charge is 2.06. The minimum Gasteiger partial charge on any atom is -0.472 e. The summed E-state index contributed by atoms with van der Waals surface area (Å²) in [4.78, 5) is 4.18. The molecule has 0 bridgehead atoms. The molecule has 0 spiro atoms. The fraction of sp³-hybridized carbons (Fsp3) is 0.455. The molecule has 0 radical (unpaired) electrons. The summed E-state index contributed by atoms with van der Waals surface area (Å²) in [5.41, 5.74) is 1.33. The summed E-state index contributed by atoms with van der Waals surface area (Å²) in [7, 11) is 1.62. The van der Waals surface area contributed by atoms with Crippen molar-refractivity contribution in [2.45, 2.75) is 20.0 Å². The standard InChI is InChI=1S/C11H14N2O2/c1-8-4-10(6-12)5-11(13-8)15-9(2)7-14-3/h4-5,9H,7H2,1-3H3. The van der Waals surface area contributed by atoms with Crippen molar-refractivity contribution in [3.8, 4) is 11.9 Å². The van der Waals surface area contributed by atoms with Gasteiger partial charge in [-0.25, -0.2) is 4.98 Å². The molecule has 0 aromatic carbocycles. The Bertz CT molecular complexity index is 371. The van der Waals surface area contributed by atoms with E-state index in [9.17, 15) is 0 Å². The van der Waals surface area contributed by atoms with Crippen LogP contribution in [0.15, 0.2) is 12.1 Å². The van der Waals surface area contributed by atoms with E-state index in [1.54, 1.807) is 19.2 Å². The van der Waals surface area contributed by atoms with Crippen LogP contribution in [-0.2, 0) is 4.74 Å². The Balaban J connectivity index is 2.77. The maximum Gasteiger partial charge on any atom is 0.215 e. The van der Waals surface area contributed by atoms with Crippen LogP contribution >= 0.6 is 0 Å². The number of ether oxygens (including phenoxy) is 2. The SMILES string of the molecule is COCC(C)Oc1cc(C#N)cc(C)n1. The number of rotatable bonds is 4. The molecule has 1 heterocycles. The summed E-state index contributed by atoms with van der Waals surface area (Å²) in [6.45, 7) is 4.21. The largest absolute Gasteiger partial charge is 0.472 e. The predicted octanol–water partition coefficient (Wildman–Crippen LogP) is 1.68. The maximum atomic E-state index is 8.77. The highest BCUT2D eigenvalue weighted by atomic mass is 16.5. The van der Waals surface area contributed by atoms with E-state index in [0.717, 1.165) is 5.69 Å². The molecule has 0 aliphatic heterocycles. The molecule has 0 amide bonds. The quantitative estimate of drug-likeness (QED) is 0.752. The molecule has 0 aliphatic rings. The lowest BCUT2D eigenvalue weighted by Gasteiger charge is -2.13. The first-order chi connectivity index (χ1) is 7.15. The van der Waals surface area contributed by atoms with E-state index in [0.29, 0.717) is 18.1 Å². The van der Waals surface area contributed by atoms with Crippen molar-refractivity contribution in [3.05, 3.63) is 23.4 Å².